The maximum absolute atomic E-state index is 12.2. The number of nitrogens with zero attached hydrogens (tertiary/aromatic N) is 1. The molecule has 4 rings (SSSR count). The molecule has 0 radical (unpaired) electrons. The third-order valence-electron chi connectivity index (χ3n) is 4.85. The molecule has 2 aromatic rings. The molecule has 0 spiro atoms. The largest absolute Gasteiger partial charge is 0.358 e. The normalized spacial score (nSPS) is 22.0. The Hall–Kier alpha value is -1.97. The minimum atomic E-state index is 0.124. The maximum atomic E-state index is 12.2. The van der Waals surface area contributed by atoms with Crippen molar-refractivity contribution in [2.24, 2.45) is 0 Å². The van der Waals surface area contributed by atoms with Gasteiger partial charge in [0.1, 0.15) is 0 Å². The zero-order valence-corrected chi connectivity index (χ0v) is 13.1. The molecular formula is C18H23N3O. The monoisotopic (exact) mass is 297 g/mol. The summed E-state index contributed by atoms with van der Waals surface area (Å²) in [7, 11) is 0. The lowest BCUT2D eigenvalue weighted by molar-refractivity contribution is 0.178. The molecule has 1 atom stereocenters. The van der Waals surface area contributed by atoms with Crippen LogP contribution in [-0.4, -0.2) is 35.0 Å². The molecule has 116 valence electrons. The van der Waals surface area contributed by atoms with Crippen molar-refractivity contribution in [3.05, 3.63) is 35.5 Å². The van der Waals surface area contributed by atoms with E-state index in [1.807, 2.05) is 4.90 Å². The van der Waals surface area contributed by atoms with E-state index in [2.05, 4.69) is 41.5 Å². The van der Waals surface area contributed by atoms with Gasteiger partial charge in [-0.3, -0.25) is 0 Å². The third kappa shape index (κ3) is 2.70. The highest BCUT2D eigenvalue weighted by atomic mass is 16.2. The number of fused-ring (bicyclic) bond motifs is 1. The van der Waals surface area contributed by atoms with Crippen molar-refractivity contribution in [2.45, 2.75) is 44.6 Å². The van der Waals surface area contributed by atoms with Gasteiger partial charge in [0, 0.05) is 36.3 Å². The van der Waals surface area contributed by atoms with Gasteiger partial charge in [0.15, 0.2) is 0 Å². The molecule has 1 aromatic carbocycles. The topological polar surface area (TPSA) is 48.1 Å². The van der Waals surface area contributed by atoms with Crippen LogP contribution >= 0.6 is 0 Å². The fourth-order valence-electron chi connectivity index (χ4n) is 3.40. The van der Waals surface area contributed by atoms with Crippen LogP contribution < -0.4 is 5.32 Å². The van der Waals surface area contributed by atoms with E-state index in [1.54, 1.807) is 0 Å². The van der Waals surface area contributed by atoms with Gasteiger partial charge in [-0.15, -0.1) is 0 Å². The number of carbonyl (C=O) groups is 1. The minimum Gasteiger partial charge on any atom is -0.358 e. The van der Waals surface area contributed by atoms with Crippen molar-refractivity contribution in [3.8, 4) is 0 Å². The molecule has 1 saturated carbocycles. The molecule has 1 aromatic heterocycles. The van der Waals surface area contributed by atoms with Crippen LogP contribution in [0.2, 0.25) is 0 Å². The number of carbonyl (C=O) groups excluding carboxylic acids is 1. The number of piperidine rings is 1. The second kappa shape index (κ2) is 5.34. The molecule has 2 aliphatic rings. The molecular weight excluding hydrogens is 274 g/mol. The van der Waals surface area contributed by atoms with Crippen molar-refractivity contribution in [3.63, 3.8) is 0 Å². The number of hydrogen-bond acceptors (Lipinski definition) is 1. The molecule has 22 heavy (non-hydrogen) atoms. The zero-order chi connectivity index (χ0) is 15.1. The molecule has 2 heterocycles. The summed E-state index contributed by atoms with van der Waals surface area (Å²) in [5.74, 6) is 0.423. The number of aromatic amines is 1. The van der Waals surface area contributed by atoms with Gasteiger partial charge in [-0.05, 0) is 56.2 Å². The fraction of sp³-hybridized carbons (Fsp3) is 0.500. The van der Waals surface area contributed by atoms with Crippen molar-refractivity contribution >= 4 is 16.9 Å². The number of rotatable bonds is 2. The number of aromatic nitrogens is 1. The lowest BCUT2D eigenvalue weighted by atomic mass is 9.95. The Kier molecular flexibility index (Phi) is 3.32. The van der Waals surface area contributed by atoms with Gasteiger partial charge >= 0.3 is 6.03 Å². The average Bonchev–Trinajstić information content (AvgIpc) is 3.23. The summed E-state index contributed by atoms with van der Waals surface area (Å²) in [5, 5.41) is 4.38. The highest BCUT2D eigenvalue weighted by Gasteiger charge is 2.29. The van der Waals surface area contributed by atoms with Gasteiger partial charge in [0.25, 0.3) is 0 Å². The first-order chi connectivity index (χ1) is 10.7. The highest BCUT2D eigenvalue weighted by molar-refractivity contribution is 5.81. The second-order valence-corrected chi connectivity index (χ2v) is 6.82. The Balaban J connectivity index is 1.51. The molecule has 2 fully saturated rings. The first kappa shape index (κ1) is 13.7. The van der Waals surface area contributed by atoms with Crippen LogP contribution in [0.1, 0.15) is 42.9 Å². The summed E-state index contributed by atoms with van der Waals surface area (Å²) in [6.07, 6.45) is 4.52. The van der Waals surface area contributed by atoms with Gasteiger partial charge in [-0.2, -0.15) is 0 Å². The van der Waals surface area contributed by atoms with Crippen LogP contribution in [0.4, 0.5) is 4.79 Å². The Morgan fingerprint density at radius 1 is 1.27 bits per heavy atom. The minimum absolute atomic E-state index is 0.124. The van der Waals surface area contributed by atoms with Crippen molar-refractivity contribution < 1.29 is 4.79 Å². The summed E-state index contributed by atoms with van der Waals surface area (Å²) < 4.78 is 0. The number of benzene rings is 1. The highest BCUT2D eigenvalue weighted by Crippen LogP contribution is 2.29. The molecule has 2 amide bonds. The molecule has 1 unspecified atom stereocenters. The lowest BCUT2D eigenvalue weighted by Crippen LogP contribution is -2.45. The first-order valence-corrected chi connectivity index (χ1v) is 8.34. The molecule has 1 saturated heterocycles. The Morgan fingerprint density at radius 2 is 2.14 bits per heavy atom. The molecule has 4 nitrogen and oxygen atoms in total. The number of H-pyrrole nitrogens is 1. The Labute approximate surface area is 130 Å². The van der Waals surface area contributed by atoms with Crippen molar-refractivity contribution in [2.75, 3.05) is 13.1 Å². The third-order valence-corrected chi connectivity index (χ3v) is 4.85. The van der Waals surface area contributed by atoms with Gasteiger partial charge < -0.3 is 15.2 Å². The number of hydrogen-bond donors (Lipinski definition) is 2. The standard InChI is InChI=1S/C18H23N3O/c1-12-4-7-16-14(9-12)10-17(20-16)13-3-2-8-21(11-13)18(22)19-15-5-6-15/h4,7,9-10,13,15,20H,2-3,5-6,8,11H2,1H3,(H,19,22). The van der Waals surface area contributed by atoms with E-state index < -0.39 is 0 Å². The Bertz CT molecular complexity index is 701. The quantitative estimate of drug-likeness (QED) is 0.875. The fourth-order valence-corrected chi connectivity index (χ4v) is 3.40. The number of likely N-dealkylation sites (tertiary alicyclic amines) is 1. The second-order valence-electron chi connectivity index (χ2n) is 6.82. The van der Waals surface area contributed by atoms with E-state index >= 15 is 0 Å². The zero-order valence-electron chi connectivity index (χ0n) is 13.1. The summed E-state index contributed by atoms with van der Waals surface area (Å²) in [6.45, 7) is 3.83. The summed E-state index contributed by atoms with van der Waals surface area (Å²) in [4.78, 5) is 17.8. The van der Waals surface area contributed by atoms with Crippen LogP contribution in [0.3, 0.4) is 0 Å². The van der Waals surface area contributed by atoms with Crippen molar-refractivity contribution in [1.82, 2.24) is 15.2 Å². The molecule has 1 aliphatic carbocycles. The Morgan fingerprint density at radius 3 is 2.95 bits per heavy atom. The summed E-state index contributed by atoms with van der Waals surface area (Å²) in [6, 6.07) is 9.32. The van der Waals surface area contributed by atoms with E-state index in [-0.39, 0.29) is 6.03 Å². The number of nitrogens with one attached hydrogen (secondary N) is 2. The molecule has 0 bridgehead atoms. The average molecular weight is 297 g/mol. The van der Waals surface area contributed by atoms with E-state index in [9.17, 15) is 4.79 Å². The van der Waals surface area contributed by atoms with E-state index in [0.29, 0.717) is 12.0 Å². The van der Waals surface area contributed by atoms with E-state index in [0.717, 1.165) is 38.8 Å². The first-order valence-electron chi connectivity index (χ1n) is 8.34. The number of aryl methyl sites for hydroxylation is 1. The molecule has 1 aliphatic heterocycles. The van der Waals surface area contributed by atoms with Crippen LogP contribution in [0.5, 0.6) is 0 Å². The van der Waals surface area contributed by atoms with E-state index in [1.165, 1.54) is 22.2 Å². The maximum Gasteiger partial charge on any atom is 0.317 e. The van der Waals surface area contributed by atoms with Gasteiger partial charge in [0.2, 0.25) is 0 Å². The predicted octanol–water partition coefficient (Wildman–Crippen LogP) is 3.53. The van der Waals surface area contributed by atoms with Crippen LogP contribution in [0.15, 0.2) is 24.3 Å². The van der Waals surface area contributed by atoms with Gasteiger partial charge in [0.05, 0.1) is 0 Å². The van der Waals surface area contributed by atoms with Gasteiger partial charge in [-0.1, -0.05) is 11.6 Å². The predicted molar refractivity (Wildman–Crippen MR) is 88.1 cm³/mol. The van der Waals surface area contributed by atoms with Crippen LogP contribution in [0, 0.1) is 6.92 Å². The molecule has 2 N–H and O–H groups in total. The number of amides is 2. The van der Waals surface area contributed by atoms with Gasteiger partial charge in [-0.25, -0.2) is 4.79 Å². The molecule has 4 heteroatoms. The summed E-state index contributed by atoms with van der Waals surface area (Å²) in [5.41, 5.74) is 3.75. The van der Waals surface area contributed by atoms with Crippen LogP contribution in [0.25, 0.3) is 10.9 Å². The van der Waals surface area contributed by atoms with Crippen molar-refractivity contribution in [1.29, 1.82) is 0 Å². The van der Waals surface area contributed by atoms with Crippen LogP contribution in [-0.2, 0) is 0 Å². The van der Waals surface area contributed by atoms with E-state index in [4.69, 9.17) is 0 Å². The summed E-state index contributed by atoms with van der Waals surface area (Å²) >= 11 is 0. The smallest absolute Gasteiger partial charge is 0.317 e. The lowest BCUT2D eigenvalue weighted by Gasteiger charge is -2.32. The SMILES string of the molecule is Cc1ccc2[nH]c(C3CCCN(C(=O)NC4CC4)C3)cc2c1. The number of urea groups is 1.